The molecule has 0 radical (unpaired) electrons. The van der Waals surface area contributed by atoms with Gasteiger partial charge in [0.05, 0.1) is 34.4 Å². The van der Waals surface area contributed by atoms with E-state index in [-0.39, 0.29) is 32.2 Å². The van der Waals surface area contributed by atoms with Crippen molar-refractivity contribution in [3.8, 4) is 0 Å². The molecule has 476 valence electrons. The fraction of sp³-hybridized carbons (Fsp3) is 0.716. The molecule has 83 heavy (non-hydrogen) atoms. The van der Waals surface area contributed by atoms with Gasteiger partial charge in [0, 0.05) is 12.8 Å². The van der Waals surface area contributed by atoms with Crippen LogP contribution in [0.15, 0.2) is 109 Å². The Morgan fingerprint density at radius 2 is 0.651 bits per heavy atom. The number of hydrogen-bond acceptors (Lipinski definition) is 7. The SMILES string of the molecule is CC/C=C\C/C=C\C/C=C\C/C=C\C/C=C\CCCCCCCCCCCCCC(=O)OC(COC(=O)CCCCCCCCCCCCCCCCCCCC/C=C\C/C=C\C/C=C\C/C=C\CC)COC(OCC[N+](C)(C)C)C(=O)O. The van der Waals surface area contributed by atoms with Crippen molar-refractivity contribution in [2.45, 2.75) is 296 Å². The number of aliphatic carboxylic acids is 1. The Morgan fingerprint density at radius 3 is 0.964 bits per heavy atom. The van der Waals surface area contributed by atoms with E-state index in [0.717, 1.165) is 103 Å². The highest BCUT2D eigenvalue weighted by Gasteiger charge is 2.25. The maximum Gasteiger partial charge on any atom is 0.361 e. The molecule has 0 saturated heterocycles. The zero-order chi connectivity index (χ0) is 60.5. The lowest BCUT2D eigenvalue weighted by molar-refractivity contribution is -0.870. The molecule has 0 aliphatic carbocycles. The standard InChI is InChI=1S/C74H127NO8/c1-6-8-10-12-14-16-18-20-22-24-26-28-30-32-34-35-36-37-39-40-42-44-46-48-50-52-54-56-58-60-62-64-71(76)81-68-70(69-82-74(73(78)79)80-67-66-75(3,4)5)83-72(77)65-63-61-59-57-55-53-51-49-47-45-43-41-38-33-31-29-27-25-23-21-19-17-15-13-11-9-7-2/h8-11,14-17,20-23,26-29,33,38,70,74H,6-7,12-13,18-19,24-25,30-32,34-37,39-69H2,1-5H3/p+1/b10-8-,11-9-,16-14-,17-15-,22-20-,23-21-,28-26-,29-27-,38-33-. The third-order valence-electron chi connectivity index (χ3n) is 14.5. The highest BCUT2D eigenvalue weighted by atomic mass is 16.7. The fourth-order valence-corrected chi connectivity index (χ4v) is 9.39. The number of hydrogen-bond donors (Lipinski definition) is 1. The molecular formula is C74H128NO8+. The summed E-state index contributed by atoms with van der Waals surface area (Å²) in [6.45, 7) is 4.67. The normalized spacial score (nSPS) is 13.4. The van der Waals surface area contributed by atoms with Crippen molar-refractivity contribution in [3.05, 3.63) is 109 Å². The van der Waals surface area contributed by atoms with Gasteiger partial charge in [-0.3, -0.25) is 9.59 Å². The van der Waals surface area contributed by atoms with Gasteiger partial charge in [-0.05, 0) is 96.3 Å². The molecule has 2 unspecified atom stereocenters. The van der Waals surface area contributed by atoms with Gasteiger partial charge in [-0.1, -0.05) is 284 Å². The number of esters is 2. The first-order valence-corrected chi connectivity index (χ1v) is 34.1. The zero-order valence-electron chi connectivity index (χ0n) is 54.3. The first-order chi connectivity index (χ1) is 40.6. The quantitative estimate of drug-likeness (QED) is 0.0211. The number of likely N-dealkylation sites (N-methyl/N-ethyl adjacent to an activating group) is 1. The number of carboxylic acid groups (broad SMARTS) is 1. The molecule has 0 rings (SSSR count). The van der Waals surface area contributed by atoms with Crippen LogP contribution < -0.4 is 0 Å². The van der Waals surface area contributed by atoms with E-state index in [2.05, 4.69) is 123 Å². The predicted octanol–water partition coefficient (Wildman–Crippen LogP) is 21.0. The number of carboxylic acids is 1. The minimum absolute atomic E-state index is 0.184. The smallest absolute Gasteiger partial charge is 0.361 e. The van der Waals surface area contributed by atoms with Crippen molar-refractivity contribution >= 4 is 17.9 Å². The van der Waals surface area contributed by atoms with E-state index >= 15 is 0 Å². The van der Waals surface area contributed by atoms with Crippen molar-refractivity contribution in [2.75, 3.05) is 47.5 Å². The molecule has 0 bridgehead atoms. The maximum absolute atomic E-state index is 12.9. The van der Waals surface area contributed by atoms with Crippen molar-refractivity contribution in [3.63, 3.8) is 0 Å². The largest absolute Gasteiger partial charge is 0.477 e. The summed E-state index contributed by atoms with van der Waals surface area (Å²) in [5, 5.41) is 9.74. The molecule has 0 saturated carbocycles. The number of unbranched alkanes of at least 4 members (excludes halogenated alkanes) is 29. The number of carbonyl (C=O) groups excluding carboxylic acids is 2. The number of rotatable bonds is 62. The molecule has 0 aromatic rings. The monoisotopic (exact) mass is 1160 g/mol. The molecule has 1 N–H and O–H groups in total. The molecule has 0 heterocycles. The highest BCUT2D eigenvalue weighted by Crippen LogP contribution is 2.17. The van der Waals surface area contributed by atoms with Gasteiger partial charge in [-0.25, -0.2) is 4.79 Å². The molecule has 0 aliphatic rings. The van der Waals surface area contributed by atoms with Gasteiger partial charge in [0.2, 0.25) is 0 Å². The number of ether oxygens (including phenoxy) is 4. The van der Waals surface area contributed by atoms with Crippen LogP contribution in [-0.2, 0) is 33.3 Å². The average molecular weight is 1160 g/mol. The zero-order valence-corrected chi connectivity index (χ0v) is 54.3. The van der Waals surface area contributed by atoms with E-state index < -0.39 is 24.3 Å². The Kier molecular flexibility index (Phi) is 60.8. The van der Waals surface area contributed by atoms with Gasteiger partial charge in [-0.2, -0.15) is 0 Å². The van der Waals surface area contributed by atoms with Crippen LogP contribution in [0.3, 0.4) is 0 Å². The van der Waals surface area contributed by atoms with E-state index in [9.17, 15) is 19.5 Å². The molecule has 2 atom stereocenters. The summed E-state index contributed by atoms with van der Waals surface area (Å²) >= 11 is 0. The van der Waals surface area contributed by atoms with Crippen LogP contribution in [0.5, 0.6) is 0 Å². The van der Waals surface area contributed by atoms with Gasteiger partial charge >= 0.3 is 17.9 Å². The van der Waals surface area contributed by atoms with Gasteiger partial charge in [0.15, 0.2) is 6.10 Å². The van der Waals surface area contributed by atoms with E-state index in [0.29, 0.717) is 23.9 Å². The molecular weight excluding hydrogens is 1030 g/mol. The number of quaternary nitrogens is 1. The molecule has 0 aromatic heterocycles. The van der Waals surface area contributed by atoms with Gasteiger partial charge in [-0.15, -0.1) is 0 Å². The van der Waals surface area contributed by atoms with Gasteiger partial charge in [0.25, 0.3) is 6.29 Å². The van der Waals surface area contributed by atoms with Crippen LogP contribution in [0.4, 0.5) is 0 Å². The Labute approximate surface area is 511 Å². The van der Waals surface area contributed by atoms with Crippen molar-refractivity contribution in [1.82, 2.24) is 0 Å². The minimum atomic E-state index is -1.52. The van der Waals surface area contributed by atoms with Crippen LogP contribution in [0.2, 0.25) is 0 Å². The molecule has 0 aliphatic heterocycles. The van der Waals surface area contributed by atoms with E-state index in [4.69, 9.17) is 18.9 Å². The molecule has 9 heteroatoms. The second kappa shape index (κ2) is 64.0. The van der Waals surface area contributed by atoms with Gasteiger partial charge < -0.3 is 28.5 Å². The second-order valence-electron chi connectivity index (χ2n) is 23.7. The lowest BCUT2D eigenvalue weighted by Crippen LogP contribution is -2.40. The van der Waals surface area contributed by atoms with Crippen LogP contribution in [0.1, 0.15) is 284 Å². The number of allylic oxidation sites excluding steroid dienone is 18. The Morgan fingerprint density at radius 1 is 0.361 bits per heavy atom. The number of nitrogens with zero attached hydrogens (tertiary/aromatic N) is 1. The average Bonchev–Trinajstić information content (AvgIpc) is 3.46. The van der Waals surface area contributed by atoms with Gasteiger partial charge in [0.1, 0.15) is 13.2 Å². The lowest BCUT2D eigenvalue weighted by Gasteiger charge is -2.25. The topological polar surface area (TPSA) is 108 Å². The summed E-state index contributed by atoms with van der Waals surface area (Å²) in [5.41, 5.74) is 0. The van der Waals surface area contributed by atoms with Crippen molar-refractivity contribution < 1.29 is 42.9 Å². The summed E-state index contributed by atoms with van der Waals surface area (Å²) in [5.74, 6) is -2.00. The third-order valence-corrected chi connectivity index (χ3v) is 14.5. The molecule has 0 aromatic carbocycles. The molecule has 0 fully saturated rings. The Hall–Kier alpha value is -4.05. The highest BCUT2D eigenvalue weighted by molar-refractivity contribution is 5.71. The summed E-state index contributed by atoms with van der Waals surface area (Å²) in [4.78, 5) is 37.6. The fourth-order valence-electron chi connectivity index (χ4n) is 9.39. The van der Waals surface area contributed by atoms with Crippen LogP contribution in [0.25, 0.3) is 0 Å². The van der Waals surface area contributed by atoms with E-state index in [1.165, 1.54) is 148 Å². The second-order valence-corrected chi connectivity index (χ2v) is 23.7. The lowest BCUT2D eigenvalue weighted by atomic mass is 10.0. The van der Waals surface area contributed by atoms with Crippen LogP contribution in [0, 0.1) is 0 Å². The molecule has 9 nitrogen and oxygen atoms in total. The minimum Gasteiger partial charge on any atom is -0.477 e. The first kappa shape index (κ1) is 79.0. The molecule has 0 amide bonds. The Balaban J connectivity index is 4.13. The Bertz CT molecular complexity index is 1730. The summed E-state index contributed by atoms with van der Waals surface area (Å²) in [6, 6.07) is 0. The van der Waals surface area contributed by atoms with E-state index in [1.54, 1.807) is 0 Å². The van der Waals surface area contributed by atoms with Crippen LogP contribution >= 0.6 is 0 Å². The van der Waals surface area contributed by atoms with Crippen molar-refractivity contribution in [1.29, 1.82) is 0 Å². The summed E-state index contributed by atoms with van der Waals surface area (Å²) < 4.78 is 23.0. The third kappa shape index (κ3) is 65.3. The van der Waals surface area contributed by atoms with Crippen molar-refractivity contribution in [2.24, 2.45) is 0 Å². The first-order valence-electron chi connectivity index (χ1n) is 34.1. The summed E-state index contributed by atoms with van der Waals surface area (Å²) in [6.07, 6.45) is 86.2. The van der Waals surface area contributed by atoms with E-state index in [1.807, 2.05) is 21.1 Å². The van der Waals surface area contributed by atoms with Crippen LogP contribution in [-0.4, -0.2) is 87.4 Å². The molecule has 0 spiro atoms. The maximum atomic E-state index is 12.9. The summed E-state index contributed by atoms with van der Waals surface area (Å²) in [7, 11) is 5.97. The number of carbonyl (C=O) groups is 3. The predicted molar refractivity (Wildman–Crippen MR) is 355 cm³/mol.